The molecule has 0 aliphatic carbocycles. The van der Waals surface area contributed by atoms with Gasteiger partial charge in [-0.2, -0.15) is 0 Å². The second-order valence-electron chi connectivity index (χ2n) is 13.8. The Hall–Kier alpha value is -7.57. The smallest absolute Gasteiger partial charge is 0.164 e. The number of nitrogens with zero attached hydrogens (tertiary/aromatic N) is 6. The third kappa shape index (κ3) is 5.39. The van der Waals surface area contributed by atoms with Gasteiger partial charge in [0, 0.05) is 56.4 Å². The Labute approximate surface area is 316 Å². The number of fused-ring (bicyclic) bond motifs is 7. The van der Waals surface area contributed by atoms with Gasteiger partial charge in [0.25, 0.3) is 0 Å². The van der Waals surface area contributed by atoms with Crippen LogP contribution in [0.3, 0.4) is 0 Å². The van der Waals surface area contributed by atoms with Gasteiger partial charge in [-0.15, -0.1) is 0 Å². The first-order chi connectivity index (χ1) is 27.2. The Kier molecular flexibility index (Phi) is 7.07. The Morgan fingerprint density at radius 2 is 0.909 bits per heavy atom. The van der Waals surface area contributed by atoms with Crippen molar-refractivity contribution >= 4 is 48.9 Å². The van der Waals surface area contributed by atoms with Crippen molar-refractivity contribution in [2.45, 2.75) is 0 Å². The summed E-state index contributed by atoms with van der Waals surface area (Å²) in [5.41, 5.74) is 8.51. The zero-order valence-electron chi connectivity index (χ0n) is 29.5. The minimum atomic E-state index is 0.608. The summed E-state index contributed by atoms with van der Waals surface area (Å²) >= 11 is 0. The van der Waals surface area contributed by atoms with Crippen LogP contribution in [-0.2, 0) is 0 Å². The highest BCUT2D eigenvalue weighted by Gasteiger charge is 2.17. The van der Waals surface area contributed by atoms with E-state index in [1.807, 2.05) is 24.3 Å². The van der Waals surface area contributed by atoms with Crippen LogP contribution in [0.25, 0.3) is 106 Å². The average molecular weight is 703 g/mol. The lowest BCUT2D eigenvalue weighted by Gasteiger charge is -2.12. The predicted molar refractivity (Wildman–Crippen MR) is 224 cm³/mol. The lowest BCUT2D eigenvalue weighted by atomic mass is 10.00. The molecule has 0 saturated carbocycles. The molecule has 0 fully saturated rings. The first-order valence-electron chi connectivity index (χ1n) is 18.3. The Morgan fingerprint density at radius 3 is 1.58 bits per heavy atom. The molecule has 55 heavy (non-hydrogen) atoms. The maximum atomic E-state index is 5.23. The zero-order valence-corrected chi connectivity index (χ0v) is 29.5. The largest absolute Gasteiger partial charge is 0.306 e. The SMILES string of the molecule is c1ccc(-c2cn3ccc4c(-c5ccc(-c6nc(-c7ccc8ccccc8c7)nc(-c7ccc8ccccc8c7)n6)cc5)nc5ccccc5c4c3n2)cc1. The van der Waals surface area contributed by atoms with E-state index in [0.29, 0.717) is 17.5 Å². The third-order valence-electron chi connectivity index (χ3n) is 10.4. The van der Waals surface area contributed by atoms with Crippen molar-refractivity contribution in [3.05, 3.63) is 182 Å². The summed E-state index contributed by atoms with van der Waals surface area (Å²) in [6, 6.07) is 58.6. The van der Waals surface area contributed by atoms with E-state index in [2.05, 4.69) is 162 Å². The monoisotopic (exact) mass is 702 g/mol. The van der Waals surface area contributed by atoms with Crippen LogP contribution in [0.1, 0.15) is 0 Å². The molecule has 0 spiro atoms. The minimum absolute atomic E-state index is 0.608. The summed E-state index contributed by atoms with van der Waals surface area (Å²) in [4.78, 5) is 25.6. The van der Waals surface area contributed by atoms with Crippen molar-refractivity contribution in [1.29, 1.82) is 0 Å². The van der Waals surface area contributed by atoms with Crippen molar-refractivity contribution in [2.24, 2.45) is 0 Å². The maximum Gasteiger partial charge on any atom is 0.164 e. The highest BCUT2D eigenvalue weighted by Crippen LogP contribution is 2.37. The molecule has 0 bridgehead atoms. The van der Waals surface area contributed by atoms with Crippen molar-refractivity contribution in [1.82, 2.24) is 29.3 Å². The van der Waals surface area contributed by atoms with Gasteiger partial charge in [0.05, 0.1) is 16.9 Å². The average Bonchev–Trinajstić information content (AvgIpc) is 3.71. The zero-order chi connectivity index (χ0) is 36.3. The number of imidazole rings is 1. The molecule has 0 atom stereocenters. The summed E-state index contributed by atoms with van der Waals surface area (Å²) < 4.78 is 2.12. The van der Waals surface area contributed by atoms with Gasteiger partial charge in [-0.05, 0) is 45.8 Å². The van der Waals surface area contributed by atoms with Crippen LogP contribution < -0.4 is 0 Å². The van der Waals surface area contributed by atoms with Gasteiger partial charge in [0.1, 0.15) is 5.65 Å². The fourth-order valence-electron chi connectivity index (χ4n) is 7.64. The molecule has 11 rings (SSSR count). The van der Waals surface area contributed by atoms with E-state index >= 15 is 0 Å². The first-order valence-corrected chi connectivity index (χ1v) is 18.3. The lowest BCUT2D eigenvalue weighted by molar-refractivity contribution is 1.08. The van der Waals surface area contributed by atoms with E-state index in [0.717, 1.165) is 77.3 Å². The second-order valence-corrected chi connectivity index (χ2v) is 13.8. The van der Waals surface area contributed by atoms with E-state index in [9.17, 15) is 0 Å². The fraction of sp³-hybridized carbons (Fsp3) is 0. The Balaban J connectivity index is 1.05. The van der Waals surface area contributed by atoms with Crippen LogP contribution in [0.5, 0.6) is 0 Å². The van der Waals surface area contributed by atoms with Gasteiger partial charge in [0.15, 0.2) is 17.5 Å². The summed E-state index contributed by atoms with van der Waals surface area (Å²) in [5, 5.41) is 7.81. The number of rotatable bonds is 5. The molecule has 4 aromatic heterocycles. The number of aromatic nitrogens is 6. The molecule has 6 nitrogen and oxygen atoms in total. The van der Waals surface area contributed by atoms with Crippen LogP contribution in [0, 0.1) is 0 Å². The van der Waals surface area contributed by atoms with E-state index in [1.165, 1.54) is 10.8 Å². The van der Waals surface area contributed by atoms with Gasteiger partial charge < -0.3 is 4.40 Å². The number of hydrogen-bond acceptors (Lipinski definition) is 5. The number of pyridine rings is 2. The lowest BCUT2D eigenvalue weighted by Crippen LogP contribution is -2.00. The molecule has 256 valence electrons. The van der Waals surface area contributed by atoms with Gasteiger partial charge >= 0.3 is 0 Å². The standard InChI is InChI=1S/C49H30N6/c1-2-12-33(13-3-1)43-30-55-27-26-41-44(49(55)51-43)40-16-8-9-17-42(40)50-45(41)34-20-22-35(23-21-34)46-52-47(38-24-18-31-10-4-6-14-36(31)28-38)54-48(53-46)39-25-19-32-11-5-7-15-37(32)29-39/h1-30H. The normalized spacial score (nSPS) is 11.6. The molecular weight excluding hydrogens is 673 g/mol. The molecule has 0 amide bonds. The van der Waals surface area contributed by atoms with Gasteiger partial charge in [-0.25, -0.2) is 24.9 Å². The summed E-state index contributed by atoms with van der Waals surface area (Å²) in [7, 11) is 0. The quantitative estimate of drug-likeness (QED) is 0.167. The van der Waals surface area contributed by atoms with E-state index in [1.54, 1.807) is 0 Å². The topological polar surface area (TPSA) is 68.9 Å². The summed E-state index contributed by atoms with van der Waals surface area (Å²) in [6.07, 6.45) is 4.18. The van der Waals surface area contributed by atoms with Gasteiger partial charge in [0.2, 0.25) is 0 Å². The first kappa shape index (κ1) is 31.0. The second kappa shape index (κ2) is 12.5. The van der Waals surface area contributed by atoms with Crippen molar-refractivity contribution in [3.63, 3.8) is 0 Å². The van der Waals surface area contributed by atoms with Crippen LogP contribution >= 0.6 is 0 Å². The molecule has 0 aliphatic rings. The molecule has 4 heterocycles. The van der Waals surface area contributed by atoms with Crippen LogP contribution in [0.4, 0.5) is 0 Å². The Morgan fingerprint density at radius 1 is 0.364 bits per heavy atom. The molecule has 6 heteroatoms. The molecule has 7 aromatic carbocycles. The molecule has 0 radical (unpaired) electrons. The number of para-hydroxylation sites is 1. The third-order valence-corrected chi connectivity index (χ3v) is 10.4. The minimum Gasteiger partial charge on any atom is -0.306 e. The van der Waals surface area contributed by atoms with Crippen LogP contribution in [0.2, 0.25) is 0 Å². The summed E-state index contributed by atoms with van der Waals surface area (Å²) in [6.45, 7) is 0. The van der Waals surface area contributed by atoms with Crippen LogP contribution in [0.15, 0.2) is 182 Å². The van der Waals surface area contributed by atoms with Crippen molar-refractivity contribution in [2.75, 3.05) is 0 Å². The number of benzene rings is 7. The van der Waals surface area contributed by atoms with Crippen molar-refractivity contribution in [3.8, 4) is 56.7 Å². The molecular formula is C49H30N6. The molecule has 11 aromatic rings. The maximum absolute atomic E-state index is 5.23. The number of hydrogen-bond donors (Lipinski definition) is 0. The van der Waals surface area contributed by atoms with E-state index in [4.69, 9.17) is 24.9 Å². The van der Waals surface area contributed by atoms with Crippen molar-refractivity contribution < 1.29 is 0 Å². The predicted octanol–water partition coefficient (Wildman–Crippen LogP) is 11.9. The van der Waals surface area contributed by atoms with Gasteiger partial charge in [-0.3, -0.25) is 0 Å². The Bertz CT molecular complexity index is 3160. The molecule has 0 N–H and O–H groups in total. The van der Waals surface area contributed by atoms with E-state index in [-0.39, 0.29) is 0 Å². The fourth-order valence-corrected chi connectivity index (χ4v) is 7.64. The summed E-state index contributed by atoms with van der Waals surface area (Å²) in [5.74, 6) is 1.87. The molecule has 0 unspecified atom stereocenters. The highest BCUT2D eigenvalue weighted by molar-refractivity contribution is 6.16. The molecule has 0 aliphatic heterocycles. The van der Waals surface area contributed by atoms with Crippen LogP contribution in [-0.4, -0.2) is 29.3 Å². The molecule has 0 saturated heterocycles. The van der Waals surface area contributed by atoms with Gasteiger partial charge in [-0.1, -0.05) is 146 Å². The van der Waals surface area contributed by atoms with E-state index < -0.39 is 0 Å². The highest BCUT2D eigenvalue weighted by atomic mass is 15.0.